The summed E-state index contributed by atoms with van der Waals surface area (Å²) in [4.78, 5) is 3.44. The van der Waals surface area contributed by atoms with Gasteiger partial charge >= 0.3 is 0 Å². The number of aromatic amines is 1. The monoisotopic (exact) mass is 243 g/mol. The molecule has 96 valence electrons. The molecule has 3 heteroatoms. The molecule has 1 saturated heterocycles. The van der Waals surface area contributed by atoms with Crippen molar-refractivity contribution in [3.8, 4) is 0 Å². The molecule has 0 amide bonds. The van der Waals surface area contributed by atoms with Gasteiger partial charge in [0.2, 0.25) is 0 Å². The van der Waals surface area contributed by atoms with Gasteiger partial charge in [0.15, 0.2) is 0 Å². The molecule has 2 aromatic rings. The summed E-state index contributed by atoms with van der Waals surface area (Å²) in [5.74, 6) is 0. The fourth-order valence-electron chi connectivity index (χ4n) is 2.93. The van der Waals surface area contributed by atoms with Crippen LogP contribution in [0.25, 0.3) is 10.9 Å². The van der Waals surface area contributed by atoms with Crippen molar-refractivity contribution in [2.45, 2.75) is 38.8 Å². The van der Waals surface area contributed by atoms with Crippen molar-refractivity contribution in [2.24, 2.45) is 0 Å². The van der Waals surface area contributed by atoms with E-state index in [0.29, 0.717) is 6.04 Å². The fraction of sp³-hybridized carbons (Fsp3) is 0.467. The number of benzene rings is 1. The lowest BCUT2D eigenvalue weighted by atomic mass is 10.0. The van der Waals surface area contributed by atoms with E-state index < -0.39 is 0 Å². The second kappa shape index (κ2) is 4.02. The van der Waals surface area contributed by atoms with Gasteiger partial charge in [0, 0.05) is 34.7 Å². The SMILES string of the molecule is Cc1[nH]c2ccccc2c1NC1CNC(C)(C)C1. The molecule has 1 fully saturated rings. The molecule has 1 atom stereocenters. The number of aromatic nitrogens is 1. The number of para-hydroxylation sites is 1. The van der Waals surface area contributed by atoms with Crippen LogP contribution < -0.4 is 10.6 Å². The molecule has 2 heterocycles. The molecule has 1 aliphatic heterocycles. The molecule has 1 aromatic carbocycles. The van der Waals surface area contributed by atoms with Gasteiger partial charge in [0.25, 0.3) is 0 Å². The molecule has 1 aliphatic rings. The van der Waals surface area contributed by atoms with Crippen molar-refractivity contribution >= 4 is 16.6 Å². The van der Waals surface area contributed by atoms with Gasteiger partial charge in [-0.25, -0.2) is 0 Å². The molecular formula is C15H21N3. The Morgan fingerprint density at radius 2 is 2.06 bits per heavy atom. The normalized spacial score (nSPS) is 22.5. The number of H-pyrrole nitrogens is 1. The second-order valence-corrected chi connectivity index (χ2v) is 5.98. The first-order valence-electron chi connectivity index (χ1n) is 6.64. The van der Waals surface area contributed by atoms with Crippen LogP contribution in [0.1, 0.15) is 26.0 Å². The molecule has 1 unspecified atom stereocenters. The zero-order valence-corrected chi connectivity index (χ0v) is 11.3. The van der Waals surface area contributed by atoms with Gasteiger partial charge < -0.3 is 15.6 Å². The van der Waals surface area contributed by atoms with Crippen LogP contribution in [0.5, 0.6) is 0 Å². The van der Waals surface area contributed by atoms with Crippen LogP contribution in [0.4, 0.5) is 5.69 Å². The number of aryl methyl sites for hydroxylation is 1. The summed E-state index contributed by atoms with van der Waals surface area (Å²) in [5, 5.41) is 8.54. The van der Waals surface area contributed by atoms with Crippen LogP contribution in [-0.2, 0) is 0 Å². The summed E-state index contributed by atoms with van der Waals surface area (Å²) in [7, 11) is 0. The highest BCUT2D eigenvalue weighted by Gasteiger charge is 2.30. The first-order valence-corrected chi connectivity index (χ1v) is 6.64. The van der Waals surface area contributed by atoms with Crippen molar-refractivity contribution in [3.05, 3.63) is 30.0 Å². The minimum atomic E-state index is 0.248. The van der Waals surface area contributed by atoms with E-state index in [4.69, 9.17) is 0 Å². The standard InChI is InChI=1S/C15H21N3/c1-10-14(12-6-4-5-7-13(12)17-10)18-11-8-15(2,3)16-9-11/h4-7,11,16-18H,8-9H2,1-3H3. The molecule has 1 aromatic heterocycles. The van der Waals surface area contributed by atoms with Crippen molar-refractivity contribution in [2.75, 3.05) is 11.9 Å². The third kappa shape index (κ3) is 1.99. The largest absolute Gasteiger partial charge is 0.379 e. The van der Waals surface area contributed by atoms with Crippen LogP contribution in [0, 0.1) is 6.92 Å². The molecule has 0 bridgehead atoms. The first-order chi connectivity index (χ1) is 8.55. The Labute approximate surface area is 108 Å². The maximum Gasteiger partial charge on any atom is 0.0630 e. The highest BCUT2D eigenvalue weighted by Crippen LogP contribution is 2.29. The average molecular weight is 243 g/mol. The Kier molecular flexibility index (Phi) is 2.59. The third-order valence-electron chi connectivity index (χ3n) is 3.83. The van der Waals surface area contributed by atoms with E-state index in [2.05, 4.69) is 60.7 Å². The third-order valence-corrected chi connectivity index (χ3v) is 3.83. The number of rotatable bonds is 2. The maximum atomic E-state index is 3.69. The summed E-state index contributed by atoms with van der Waals surface area (Å²) in [6.07, 6.45) is 1.16. The van der Waals surface area contributed by atoms with E-state index in [1.54, 1.807) is 0 Å². The number of nitrogens with one attached hydrogen (secondary N) is 3. The van der Waals surface area contributed by atoms with Gasteiger partial charge in [0.05, 0.1) is 5.69 Å². The van der Waals surface area contributed by atoms with E-state index >= 15 is 0 Å². The lowest BCUT2D eigenvalue weighted by molar-refractivity contribution is 0.457. The Morgan fingerprint density at radius 1 is 1.28 bits per heavy atom. The van der Waals surface area contributed by atoms with E-state index in [-0.39, 0.29) is 5.54 Å². The molecule has 0 radical (unpaired) electrons. The van der Waals surface area contributed by atoms with Gasteiger partial charge in [-0.2, -0.15) is 0 Å². The number of hydrogen-bond acceptors (Lipinski definition) is 2. The smallest absolute Gasteiger partial charge is 0.0630 e. The van der Waals surface area contributed by atoms with E-state index in [0.717, 1.165) is 13.0 Å². The molecule has 0 spiro atoms. The number of anilines is 1. The van der Waals surface area contributed by atoms with Crippen LogP contribution in [0.3, 0.4) is 0 Å². The molecule has 18 heavy (non-hydrogen) atoms. The van der Waals surface area contributed by atoms with Gasteiger partial charge in [0.1, 0.15) is 0 Å². The summed E-state index contributed by atoms with van der Waals surface area (Å²) in [5.41, 5.74) is 3.94. The molecule has 3 N–H and O–H groups in total. The van der Waals surface area contributed by atoms with Crippen LogP contribution in [-0.4, -0.2) is 23.1 Å². The average Bonchev–Trinajstić information content (AvgIpc) is 2.81. The minimum Gasteiger partial charge on any atom is -0.379 e. The zero-order chi connectivity index (χ0) is 12.8. The van der Waals surface area contributed by atoms with Crippen molar-refractivity contribution in [1.82, 2.24) is 10.3 Å². The molecule has 3 rings (SSSR count). The van der Waals surface area contributed by atoms with Gasteiger partial charge in [-0.1, -0.05) is 18.2 Å². The Bertz CT molecular complexity index is 568. The van der Waals surface area contributed by atoms with Crippen LogP contribution in [0.15, 0.2) is 24.3 Å². The summed E-state index contributed by atoms with van der Waals surface area (Å²) in [6.45, 7) is 7.69. The fourth-order valence-corrected chi connectivity index (χ4v) is 2.93. The lowest BCUT2D eigenvalue weighted by Crippen LogP contribution is -2.31. The first kappa shape index (κ1) is 11.6. The van der Waals surface area contributed by atoms with E-state index in [1.165, 1.54) is 22.3 Å². The maximum absolute atomic E-state index is 3.69. The van der Waals surface area contributed by atoms with Gasteiger partial charge in [-0.15, -0.1) is 0 Å². The topological polar surface area (TPSA) is 39.9 Å². The summed E-state index contributed by atoms with van der Waals surface area (Å²) >= 11 is 0. The Balaban J connectivity index is 1.89. The second-order valence-electron chi connectivity index (χ2n) is 5.98. The summed E-state index contributed by atoms with van der Waals surface area (Å²) < 4.78 is 0. The van der Waals surface area contributed by atoms with Crippen molar-refractivity contribution < 1.29 is 0 Å². The highest BCUT2D eigenvalue weighted by atomic mass is 15.1. The van der Waals surface area contributed by atoms with Crippen LogP contribution >= 0.6 is 0 Å². The number of fused-ring (bicyclic) bond motifs is 1. The van der Waals surface area contributed by atoms with Gasteiger partial charge in [-0.3, -0.25) is 0 Å². The van der Waals surface area contributed by atoms with Crippen molar-refractivity contribution in [1.29, 1.82) is 0 Å². The van der Waals surface area contributed by atoms with E-state index in [1.807, 2.05) is 0 Å². The summed E-state index contributed by atoms with van der Waals surface area (Å²) in [6, 6.07) is 8.98. The Morgan fingerprint density at radius 3 is 2.78 bits per heavy atom. The molecule has 0 saturated carbocycles. The predicted octanol–water partition coefficient (Wildman–Crippen LogP) is 3.03. The molecular weight excluding hydrogens is 222 g/mol. The lowest BCUT2D eigenvalue weighted by Gasteiger charge is -2.18. The quantitative estimate of drug-likeness (QED) is 0.758. The van der Waals surface area contributed by atoms with Crippen LogP contribution in [0.2, 0.25) is 0 Å². The molecule has 0 aliphatic carbocycles. The van der Waals surface area contributed by atoms with E-state index in [9.17, 15) is 0 Å². The zero-order valence-electron chi connectivity index (χ0n) is 11.3. The predicted molar refractivity (Wildman–Crippen MR) is 77.1 cm³/mol. The molecule has 3 nitrogen and oxygen atoms in total. The highest BCUT2D eigenvalue weighted by molar-refractivity contribution is 5.94. The Hall–Kier alpha value is -1.48. The van der Waals surface area contributed by atoms with Gasteiger partial charge in [-0.05, 0) is 33.3 Å². The van der Waals surface area contributed by atoms with Crippen molar-refractivity contribution in [3.63, 3.8) is 0 Å². The number of hydrogen-bond donors (Lipinski definition) is 3. The minimum absolute atomic E-state index is 0.248.